The van der Waals surface area contributed by atoms with Crippen molar-refractivity contribution in [2.24, 2.45) is 17.8 Å². The normalized spacial score (nSPS) is 27.8. The van der Waals surface area contributed by atoms with Gasteiger partial charge in [0, 0.05) is 16.5 Å². The van der Waals surface area contributed by atoms with Crippen LogP contribution in [0.3, 0.4) is 0 Å². The molecule has 2 aliphatic rings. The number of rotatable bonds is 5. The highest BCUT2D eigenvalue weighted by Crippen LogP contribution is 2.49. The maximum Gasteiger partial charge on any atom is 0.164 e. The van der Waals surface area contributed by atoms with Crippen molar-refractivity contribution in [1.29, 1.82) is 0 Å². The molecule has 2 nitrogen and oxygen atoms in total. The Balaban J connectivity index is 1.68. The summed E-state index contributed by atoms with van der Waals surface area (Å²) >= 11 is 3.51. The number of fused-ring (bicyclic) bond motifs is 2. The van der Waals surface area contributed by atoms with Crippen molar-refractivity contribution in [3.8, 4) is 5.75 Å². The van der Waals surface area contributed by atoms with Gasteiger partial charge in [-0.15, -0.1) is 0 Å². The van der Waals surface area contributed by atoms with Gasteiger partial charge >= 0.3 is 0 Å². The molecule has 3 unspecified atom stereocenters. The summed E-state index contributed by atoms with van der Waals surface area (Å²) in [6.07, 6.45) is 6.08. The summed E-state index contributed by atoms with van der Waals surface area (Å²) in [6, 6.07) is 5.68. The van der Waals surface area contributed by atoms with Crippen LogP contribution in [0.4, 0.5) is 0 Å². The lowest BCUT2D eigenvalue weighted by molar-refractivity contribution is 0.0943. The molecule has 0 radical (unpaired) electrons. The van der Waals surface area contributed by atoms with Crippen molar-refractivity contribution < 1.29 is 9.53 Å². The largest absolute Gasteiger partial charge is 0.494 e. The van der Waals surface area contributed by atoms with Crippen LogP contribution in [0.15, 0.2) is 22.7 Å². The molecule has 0 N–H and O–H groups in total. The van der Waals surface area contributed by atoms with Gasteiger partial charge in [-0.3, -0.25) is 4.79 Å². The lowest BCUT2D eigenvalue weighted by Gasteiger charge is -2.21. The van der Waals surface area contributed by atoms with Crippen LogP contribution in [0, 0.1) is 17.8 Å². The summed E-state index contributed by atoms with van der Waals surface area (Å²) in [5.41, 5.74) is 0.802. The predicted octanol–water partition coefficient (Wildman–Crippen LogP) is 4.86. The topological polar surface area (TPSA) is 26.3 Å². The standard InChI is InChI=1S/C17H21BrO2/c1-2-20-14-5-6-15(16(18)10-14)17(19)9-13-8-11-3-4-12(13)7-11/h5-6,10-13H,2-4,7-9H2,1H3. The summed E-state index contributed by atoms with van der Waals surface area (Å²) in [7, 11) is 0. The Morgan fingerprint density at radius 1 is 1.35 bits per heavy atom. The van der Waals surface area contributed by atoms with Crippen molar-refractivity contribution in [2.45, 2.75) is 39.0 Å². The average molecular weight is 337 g/mol. The second-order valence-corrected chi connectivity index (χ2v) is 6.99. The van der Waals surface area contributed by atoms with Gasteiger partial charge in [-0.25, -0.2) is 0 Å². The number of Topliss-reactive ketones (excluding diaryl/α,β-unsaturated/α-hetero) is 1. The molecule has 2 aliphatic carbocycles. The van der Waals surface area contributed by atoms with Gasteiger partial charge in [-0.2, -0.15) is 0 Å². The van der Waals surface area contributed by atoms with Crippen LogP contribution in [-0.4, -0.2) is 12.4 Å². The number of hydrogen-bond donors (Lipinski definition) is 0. The van der Waals surface area contributed by atoms with Crippen LogP contribution < -0.4 is 4.74 Å². The third-order valence-corrected chi connectivity index (χ3v) is 5.54. The lowest BCUT2D eigenvalue weighted by Crippen LogP contribution is -2.15. The van der Waals surface area contributed by atoms with E-state index in [1.807, 2.05) is 25.1 Å². The molecular formula is C17H21BrO2. The van der Waals surface area contributed by atoms with Crippen LogP contribution in [-0.2, 0) is 0 Å². The van der Waals surface area contributed by atoms with Gasteiger partial charge in [0.1, 0.15) is 5.75 Å². The van der Waals surface area contributed by atoms with E-state index in [-0.39, 0.29) is 5.78 Å². The minimum absolute atomic E-state index is 0.275. The molecule has 2 fully saturated rings. The Kier molecular flexibility index (Phi) is 4.16. The molecular weight excluding hydrogens is 316 g/mol. The van der Waals surface area contributed by atoms with E-state index in [4.69, 9.17) is 4.74 Å². The van der Waals surface area contributed by atoms with Gasteiger partial charge < -0.3 is 4.74 Å². The molecule has 3 rings (SSSR count). The molecule has 108 valence electrons. The second-order valence-electron chi connectivity index (χ2n) is 6.14. The number of carbonyl (C=O) groups is 1. The van der Waals surface area contributed by atoms with Gasteiger partial charge in [0.05, 0.1) is 6.61 Å². The minimum Gasteiger partial charge on any atom is -0.494 e. The zero-order valence-electron chi connectivity index (χ0n) is 11.9. The molecule has 1 aromatic rings. The molecule has 1 aromatic carbocycles. The highest BCUT2D eigenvalue weighted by Gasteiger charge is 2.40. The maximum atomic E-state index is 12.5. The molecule has 0 aliphatic heterocycles. The maximum absolute atomic E-state index is 12.5. The van der Waals surface area contributed by atoms with Crippen LogP contribution in [0.25, 0.3) is 0 Å². The lowest BCUT2D eigenvalue weighted by atomic mass is 9.84. The van der Waals surface area contributed by atoms with Crippen molar-refractivity contribution in [2.75, 3.05) is 6.61 Å². The quantitative estimate of drug-likeness (QED) is 0.718. The van der Waals surface area contributed by atoms with E-state index in [9.17, 15) is 4.79 Å². The summed E-state index contributed by atoms with van der Waals surface area (Å²) in [5, 5.41) is 0. The fourth-order valence-corrected chi connectivity index (χ4v) is 4.53. The van der Waals surface area contributed by atoms with Crippen molar-refractivity contribution in [1.82, 2.24) is 0 Å². The van der Waals surface area contributed by atoms with Gasteiger partial charge in [0.15, 0.2) is 5.78 Å². The van der Waals surface area contributed by atoms with Crippen molar-refractivity contribution in [3.63, 3.8) is 0 Å². The summed E-state index contributed by atoms with van der Waals surface area (Å²) in [4.78, 5) is 12.5. The number of ketones is 1. The van der Waals surface area contributed by atoms with E-state index < -0.39 is 0 Å². The first-order chi connectivity index (χ1) is 9.67. The number of halogens is 1. The number of benzene rings is 1. The van der Waals surface area contributed by atoms with E-state index >= 15 is 0 Å². The third kappa shape index (κ3) is 2.78. The molecule has 20 heavy (non-hydrogen) atoms. The first-order valence-electron chi connectivity index (χ1n) is 7.63. The molecule has 0 saturated heterocycles. The minimum atomic E-state index is 0.275. The van der Waals surface area contributed by atoms with E-state index in [1.165, 1.54) is 25.7 Å². The van der Waals surface area contributed by atoms with Gasteiger partial charge in [0.25, 0.3) is 0 Å². The Morgan fingerprint density at radius 2 is 2.20 bits per heavy atom. The second kappa shape index (κ2) is 5.88. The van der Waals surface area contributed by atoms with Gasteiger partial charge in [-0.1, -0.05) is 6.42 Å². The molecule has 2 saturated carbocycles. The van der Waals surface area contributed by atoms with E-state index in [0.29, 0.717) is 18.9 Å². The first-order valence-corrected chi connectivity index (χ1v) is 8.42. The van der Waals surface area contributed by atoms with Crippen molar-refractivity contribution >= 4 is 21.7 Å². The monoisotopic (exact) mass is 336 g/mol. The third-order valence-electron chi connectivity index (χ3n) is 4.88. The summed E-state index contributed by atoms with van der Waals surface area (Å²) in [5.74, 6) is 3.43. The SMILES string of the molecule is CCOc1ccc(C(=O)CC2CC3CCC2C3)c(Br)c1. The van der Waals surface area contributed by atoms with Crippen molar-refractivity contribution in [3.05, 3.63) is 28.2 Å². The fourth-order valence-electron chi connectivity index (χ4n) is 3.95. The smallest absolute Gasteiger partial charge is 0.164 e. The van der Waals surface area contributed by atoms with E-state index in [0.717, 1.165) is 27.6 Å². The molecule has 2 bridgehead atoms. The molecule has 0 heterocycles. The van der Waals surface area contributed by atoms with Gasteiger partial charge in [0.2, 0.25) is 0 Å². The molecule has 3 heteroatoms. The van der Waals surface area contributed by atoms with Crippen LogP contribution in [0.1, 0.15) is 49.4 Å². The Bertz CT molecular complexity index is 512. The fraction of sp³-hybridized carbons (Fsp3) is 0.588. The van der Waals surface area contributed by atoms with Crippen LogP contribution in [0.2, 0.25) is 0 Å². The van der Waals surface area contributed by atoms with Crippen LogP contribution in [0.5, 0.6) is 5.75 Å². The summed E-state index contributed by atoms with van der Waals surface area (Å²) < 4.78 is 6.31. The molecule has 0 amide bonds. The molecule has 3 atom stereocenters. The average Bonchev–Trinajstić information content (AvgIpc) is 3.01. The first kappa shape index (κ1) is 14.1. The Labute approximate surface area is 129 Å². The summed E-state index contributed by atoms with van der Waals surface area (Å²) in [6.45, 7) is 2.60. The highest BCUT2D eigenvalue weighted by atomic mass is 79.9. The van der Waals surface area contributed by atoms with Gasteiger partial charge in [-0.05, 0) is 78.1 Å². The van der Waals surface area contributed by atoms with Crippen LogP contribution >= 0.6 is 15.9 Å². The number of hydrogen-bond acceptors (Lipinski definition) is 2. The zero-order valence-corrected chi connectivity index (χ0v) is 13.5. The predicted molar refractivity (Wildman–Crippen MR) is 83.2 cm³/mol. The van der Waals surface area contributed by atoms with E-state index in [1.54, 1.807) is 0 Å². The Hall–Kier alpha value is -0.830. The highest BCUT2D eigenvalue weighted by molar-refractivity contribution is 9.10. The number of ether oxygens (including phenoxy) is 1. The van der Waals surface area contributed by atoms with E-state index in [2.05, 4.69) is 15.9 Å². The number of carbonyl (C=O) groups excluding carboxylic acids is 1. The molecule has 0 aromatic heterocycles. The Morgan fingerprint density at radius 3 is 2.80 bits per heavy atom. The zero-order chi connectivity index (χ0) is 14.1. The molecule has 0 spiro atoms.